The molecule has 0 saturated heterocycles. The van der Waals surface area contributed by atoms with E-state index in [9.17, 15) is 5.11 Å². The Morgan fingerprint density at radius 3 is 2.25 bits per heavy atom. The minimum atomic E-state index is -0.830. The maximum atomic E-state index is 9.49. The van der Waals surface area contributed by atoms with Crippen molar-refractivity contribution in [2.75, 3.05) is 0 Å². The summed E-state index contributed by atoms with van der Waals surface area (Å²) >= 11 is 0. The SMILES string of the molecule is Cc1ccc(CC(NC(C)C)C(N)O)cc1. The summed E-state index contributed by atoms with van der Waals surface area (Å²) in [4.78, 5) is 0. The Balaban J connectivity index is 2.64. The number of rotatable bonds is 5. The van der Waals surface area contributed by atoms with Gasteiger partial charge in [-0.05, 0) is 18.9 Å². The molecule has 0 fully saturated rings. The van der Waals surface area contributed by atoms with Crippen LogP contribution in [0.3, 0.4) is 0 Å². The lowest BCUT2D eigenvalue weighted by molar-refractivity contribution is 0.128. The number of aliphatic hydroxyl groups is 1. The van der Waals surface area contributed by atoms with Gasteiger partial charge in [-0.3, -0.25) is 0 Å². The van der Waals surface area contributed by atoms with Crippen LogP contribution in [0.4, 0.5) is 0 Å². The predicted molar refractivity (Wildman–Crippen MR) is 67.1 cm³/mol. The molecule has 0 aliphatic carbocycles. The summed E-state index contributed by atoms with van der Waals surface area (Å²) < 4.78 is 0. The number of aliphatic hydroxyl groups excluding tert-OH is 1. The summed E-state index contributed by atoms with van der Waals surface area (Å²) in [5.74, 6) is 0. The van der Waals surface area contributed by atoms with E-state index in [1.807, 2.05) is 13.8 Å². The Bertz CT molecular complexity index is 306. The lowest BCUT2D eigenvalue weighted by Crippen LogP contribution is -2.49. The summed E-state index contributed by atoms with van der Waals surface area (Å²) in [6.45, 7) is 6.15. The zero-order chi connectivity index (χ0) is 12.1. The minimum absolute atomic E-state index is 0.0947. The van der Waals surface area contributed by atoms with Crippen LogP contribution < -0.4 is 11.1 Å². The lowest BCUT2D eigenvalue weighted by atomic mass is 10.0. The molecular weight excluding hydrogens is 200 g/mol. The van der Waals surface area contributed by atoms with Crippen molar-refractivity contribution >= 4 is 0 Å². The number of nitrogens with one attached hydrogen (secondary N) is 1. The molecule has 3 heteroatoms. The fraction of sp³-hybridized carbons (Fsp3) is 0.538. The average molecular weight is 222 g/mol. The summed E-state index contributed by atoms with van der Waals surface area (Å²) in [6.07, 6.45) is -0.0837. The topological polar surface area (TPSA) is 58.3 Å². The molecule has 1 rings (SSSR count). The zero-order valence-electron chi connectivity index (χ0n) is 10.3. The molecule has 4 N–H and O–H groups in total. The molecule has 1 aromatic carbocycles. The van der Waals surface area contributed by atoms with Crippen molar-refractivity contribution in [1.82, 2.24) is 5.32 Å². The van der Waals surface area contributed by atoms with Gasteiger partial charge in [0.1, 0.15) is 6.23 Å². The highest BCUT2D eigenvalue weighted by molar-refractivity contribution is 5.22. The first kappa shape index (κ1) is 13.2. The Hall–Kier alpha value is -0.900. The molecule has 0 radical (unpaired) electrons. The quantitative estimate of drug-likeness (QED) is 0.656. The van der Waals surface area contributed by atoms with Gasteiger partial charge in [-0.15, -0.1) is 0 Å². The van der Waals surface area contributed by atoms with E-state index in [0.29, 0.717) is 6.04 Å². The van der Waals surface area contributed by atoms with Crippen LogP contribution in [0.25, 0.3) is 0 Å². The predicted octanol–water partition coefficient (Wildman–Crippen LogP) is 1.18. The lowest BCUT2D eigenvalue weighted by Gasteiger charge is -2.23. The van der Waals surface area contributed by atoms with Crippen LogP contribution in [0.15, 0.2) is 24.3 Å². The van der Waals surface area contributed by atoms with Crippen LogP contribution in [-0.2, 0) is 6.42 Å². The molecule has 0 aliphatic heterocycles. The van der Waals surface area contributed by atoms with E-state index in [-0.39, 0.29) is 6.04 Å². The van der Waals surface area contributed by atoms with Crippen molar-refractivity contribution in [1.29, 1.82) is 0 Å². The van der Waals surface area contributed by atoms with Crippen LogP contribution in [-0.4, -0.2) is 23.4 Å². The highest BCUT2D eigenvalue weighted by Crippen LogP contribution is 2.07. The standard InChI is InChI=1S/C13H22N2O/c1-9(2)15-12(13(14)16)8-11-6-4-10(3)5-7-11/h4-7,9,12-13,15-16H,8,14H2,1-3H3. The third kappa shape index (κ3) is 4.31. The summed E-state index contributed by atoms with van der Waals surface area (Å²) in [7, 11) is 0. The number of hydrogen-bond acceptors (Lipinski definition) is 3. The van der Waals surface area contributed by atoms with Crippen LogP contribution in [0.2, 0.25) is 0 Å². The minimum Gasteiger partial charge on any atom is -0.377 e. The summed E-state index contributed by atoms with van der Waals surface area (Å²) in [5.41, 5.74) is 7.99. The Labute approximate surface area is 97.7 Å². The van der Waals surface area contributed by atoms with Crippen molar-refractivity contribution < 1.29 is 5.11 Å². The number of aryl methyl sites for hydroxylation is 1. The molecule has 0 saturated carbocycles. The van der Waals surface area contributed by atoms with Gasteiger partial charge in [0.2, 0.25) is 0 Å². The largest absolute Gasteiger partial charge is 0.377 e. The van der Waals surface area contributed by atoms with Gasteiger partial charge in [0.25, 0.3) is 0 Å². The summed E-state index contributed by atoms with van der Waals surface area (Å²) in [5, 5.41) is 12.8. The van der Waals surface area contributed by atoms with E-state index < -0.39 is 6.23 Å². The van der Waals surface area contributed by atoms with Crippen molar-refractivity contribution in [3.63, 3.8) is 0 Å². The van der Waals surface area contributed by atoms with Gasteiger partial charge in [0.05, 0.1) is 6.04 Å². The second kappa shape index (κ2) is 5.99. The number of nitrogens with two attached hydrogens (primary N) is 1. The molecule has 0 bridgehead atoms. The molecule has 0 amide bonds. The fourth-order valence-corrected chi connectivity index (χ4v) is 1.68. The molecule has 16 heavy (non-hydrogen) atoms. The first-order valence-electron chi connectivity index (χ1n) is 5.74. The van der Waals surface area contributed by atoms with Crippen molar-refractivity contribution in [2.24, 2.45) is 5.73 Å². The zero-order valence-corrected chi connectivity index (χ0v) is 10.3. The molecule has 0 aliphatic rings. The van der Waals surface area contributed by atoms with Crippen LogP contribution in [0.5, 0.6) is 0 Å². The monoisotopic (exact) mass is 222 g/mol. The van der Waals surface area contributed by atoms with Crippen molar-refractivity contribution in [3.8, 4) is 0 Å². The average Bonchev–Trinajstić information content (AvgIpc) is 2.19. The van der Waals surface area contributed by atoms with E-state index >= 15 is 0 Å². The van der Waals surface area contributed by atoms with Crippen LogP contribution >= 0.6 is 0 Å². The molecule has 90 valence electrons. The van der Waals surface area contributed by atoms with E-state index in [1.165, 1.54) is 11.1 Å². The smallest absolute Gasteiger partial charge is 0.118 e. The molecule has 0 heterocycles. The number of benzene rings is 1. The van der Waals surface area contributed by atoms with E-state index in [2.05, 4.69) is 36.5 Å². The maximum Gasteiger partial charge on any atom is 0.118 e. The second-order valence-corrected chi connectivity index (χ2v) is 4.61. The Morgan fingerprint density at radius 2 is 1.81 bits per heavy atom. The molecule has 2 unspecified atom stereocenters. The summed E-state index contributed by atoms with van der Waals surface area (Å²) in [6, 6.07) is 8.52. The van der Waals surface area contributed by atoms with Gasteiger partial charge in [-0.2, -0.15) is 0 Å². The van der Waals surface area contributed by atoms with Gasteiger partial charge < -0.3 is 16.2 Å². The van der Waals surface area contributed by atoms with Gasteiger partial charge in [0.15, 0.2) is 0 Å². The van der Waals surface area contributed by atoms with Gasteiger partial charge in [-0.1, -0.05) is 43.7 Å². The second-order valence-electron chi connectivity index (χ2n) is 4.61. The molecule has 3 nitrogen and oxygen atoms in total. The first-order chi connectivity index (χ1) is 7.49. The van der Waals surface area contributed by atoms with Gasteiger partial charge >= 0.3 is 0 Å². The Kier molecular flexibility index (Phi) is 4.93. The molecule has 2 atom stereocenters. The van der Waals surface area contributed by atoms with Crippen LogP contribution in [0.1, 0.15) is 25.0 Å². The molecular formula is C13H22N2O. The number of hydrogen-bond donors (Lipinski definition) is 3. The molecule has 1 aromatic rings. The fourth-order valence-electron chi connectivity index (χ4n) is 1.68. The molecule has 0 spiro atoms. The van der Waals surface area contributed by atoms with Crippen molar-refractivity contribution in [3.05, 3.63) is 35.4 Å². The third-order valence-electron chi connectivity index (χ3n) is 2.54. The van der Waals surface area contributed by atoms with E-state index in [4.69, 9.17) is 5.73 Å². The maximum absolute atomic E-state index is 9.49. The van der Waals surface area contributed by atoms with Crippen molar-refractivity contribution in [2.45, 2.75) is 45.5 Å². The molecule has 0 aromatic heterocycles. The first-order valence-corrected chi connectivity index (χ1v) is 5.74. The normalized spacial score (nSPS) is 15.1. The highest BCUT2D eigenvalue weighted by atomic mass is 16.3. The van der Waals surface area contributed by atoms with E-state index in [1.54, 1.807) is 0 Å². The van der Waals surface area contributed by atoms with Gasteiger partial charge in [-0.25, -0.2) is 0 Å². The van der Waals surface area contributed by atoms with E-state index in [0.717, 1.165) is 6.42 Å². The third-order valence-corrected chi connectivity index (χ3v) is 2.54. The highest BCUT2D eigenvalue weighted by Gasteiger charge is 2.16. The Morgan fingerprint density at radius 1 is 1.25 bits per heavy atom. The van der Waals surface area contributed by atoms with Crippen LogP contribution in [0, 0.1) is 6.92 Å². The van der Waals surface area contributed by atoms with Gasteiger partial charge in [0, 0.05) is 6.04 Å².